The van der Waals surface area contributed by atoms with Gasteiger partial charge in [-0.3, -0.25) is 4.79 Å². The van der Waals surface area contributed by atoms with Crippen LogP contribution >= 0.6 is 15.9 Å². The molecule has 0 aliphatic rings. The lowest BCUT2D eigenvalue weighted by Gasteiger charge is -2.11. The highest BCUT2D eigenvalue weighted by Gasteiger charge is 2.10. The van der Waals surface area contributed by atoms with Crippen LogP contribution in [0.5, 0.6) is 11.5 Å². The van der Waals surface area contributed by atoms with E-state index in [2.05, 4.69) is 26.5 Å². The fourth-order valence-corrected chi connectivity index (χ4v) is 2.75. The first-order valence-electron chi connectivity index (χ1n) is 7.60. The molecule has 2 rings (SSSR count). The molecule has 0 unspecified atom stereocenters. The summed E-state index contributed by atoms with van der Waals surface area (Å²) in [5.74, 6) is 0.552. The molecule has 0 heterocycles. The third-order valence-electron chi connectivity index (χ3n) is 3.22. The van der Waals surface area contributed by atoms with Crippen molar-refractivity contribution in [2.24, 2.45) is 5.10 Å². The number of methoxy groups -OCH3 is 1. The van der Waals surface area contributed by atoms with E-state index < -0.39 is 0 Å². The van der Waals surface area contributed by atoms with Gasteiger partial charge >= 0.3 is 0 Å². The maximum absolute atomic E-state index is 12.8. The molecule has 2 aromatic rings. The summed E-state index contributed by atoms with van der Waals surface area (Å²) in [4.78, 5) is 11.9. The minimum atomic E-state index is -0.336. The van der Waals surface area contributed by atoms with E-state index in [9.17, 15) is 9.18 Å². The van der Waals surface area contributed by atoms with Gasteiger partial charge in [0.05, 0.1) is 30.8 Å². The Balaban J connectivity index is 2.01. The zero-order valence-electron chi connectivity index (χ0n) is 13.9. The predicted octanol–water partition coefficient (Wildman–Crippen LogP) is 3.69. The van der Waals surface area contributed by atoms with Crippen molar-refractivity contribution in [2.75, 3.05) is 13.7 Å². The van der Waals surface area contributed by atoms with Gasteiger partial charge in [-0.2, -0.15) is 5.10 Å². The molecule has 0 saturated carbocycles. The summed E-state index contributed by atoms with van der Waals surface area (Å²) < 4.78 is 24.4. The van der Waals surface area contributed by atoms with E-state index in [1.165, 1.54) is 18.3 Å². The maximum Gasteiger partial charge on any atom is 0.244 e. The summed E-state index contributed by atoms with van der Waals surface area (Å²) in [6.45, 7) is 2.38. The van der Waals surface area contributed by atoms with Crippen LogP contribution in [0.1, 0.15) is 18.1 Å². The summed E-state index contributed by atoms with van der Waals surface area (Å²) in [6.07, 6.45) is 1.63. The zero-order valence-corrected chi connectivity index (χ0v) is 15.5. The van der Waals surface area contributed by atoms with E-state index in [4.69, 9.17) is 9.47 Å². The molecule has 0 aliphatic carbocycles. The van der Waals surface area contributed by atoms with Crippen LogP contribution in [-0.4, -0.2) is 25.8 Å². The molecule has 0 atom stereocenters. The van der Waals surface area contributed by atoms with Crippen LogP contribution in [0.25, 0.3) is 0 Å². The quantitative estimate of drug-likeness (QED) is 0.561. The van der Waals surface area contributed by atoms with Crippen molar-refractivity contribution in [3.8, 4) is 11.5 Å². The Morgan fingerprint density at radius 2 is 2.04 bits per heavy atom. The molecule has 1 amide bonds. The largest absolute Gasteiger partial charge is 0.492 e. The normalized spacial score (nSPS) is 10.7. The molecule has 0 radical (unpaired) electrons. The van der Waals surface area contributed by atoms with Crippen LogP contribution in [-0.2, 0) is 11.2 Å². The van der Waals surface area contributed by atoms with Crippen molar-refractivity contribution in [3.63, 3.8) is 0 Å². The van der Waals surface area contributed by atoms with Crippen molar-refractivity contribution in [2.45, 2.75) is 13.3 Å². The second-order valence-corrected chi connectivity index (χ2v) is 5.92. The van der Waals surface area contributed by atoms with Gasteiger partial charge in [-0.15, -0.1) is 0 Å². The van der Waals surface area contributed by atoms with Gasteiger partial charge in [-0.1, -0.05) is 12.1 Å². The first-order valence-corrected chi connectivity index (χ1v) is 8.39. The lowest BCUT2D eigenvalue weighted by atomic mass is 10.1. The summed E-state index contributed by atoms with van der Waals surface area (Å²) in [5.41, 5.74) is 3.89. The third-order valence-corrected chi connectivity index (χ3v) is 3.81. The first-order chi connectivity index (χ1) is 12.0. The van der Waals surface area contributed by atoms with Crippen LogP contribution in [0.4, 0.5) is 4.39 Å². The Bertz CT molecular complexity index is 764. The number of hydrogen-bond donors (Lipinski definition) is 1. The van der Waals surface area contributed by atoms with Gasteiger partial charge in [0.15, 0.2) is 11.5 Å². The second kappa shape index (κ2) is 9.17. The van der Waals surface area contributed by atoms with Gasteiger partial charge < -0.3 is 9.47 Å². The van der Waals surface area contributed by atoms with E-state index in [0.29, 0.717) is 23.7 Å². The number of nitrogens with one attached hydrogen (secondary N) is 1. The molecule has 132 valence electrons. The van der Waals surface area contributed by atoms with Crippen LogP contribution in [0.3, 0.4) is 0 Å². The van der Waals surface area contributed by atoms with E-state index in [-0.39, 0.29) is 18.1 Å². The van der Waals surface area contributed by atoms with Gasteiger partial charge in [0, 0.05) is 0 Å². The topological polar surface area (TPSA) is 59.9 Å². The van der Waals surface area contributed by atoms with Crippen molar-refractivity contribution < 1.29 is 18.7 Å². The van der Waals surface area contributed by atoms with Crippen LogP contribution < -0.4 is 14.9 Å². The minimum Gasteiger partial charge on any atom is -0.492 e. The van der Waals surface area contributed by atoms with Gasteiger partial charge in [-0.05, 0) is 58.2 Å². The fourth-order valence-electron chi connectivity index (χ4n) is 2.13. The molecule has 5 nitrogen and oxygen atoms in total. The summed E-state index contributed by atoms with van der Waals surface area (Å²) >= 11 is 3.41. The molecule has 0 bridgehead atoms. The molecule has 2 aromatic carbocycles. The van der Waals surface area contributed by atoms with Crippen molar-refractivity contribution in [1.82, 2.24) is 5.43 Å². The maximum atomic E-state index is 12.8. The fraction of sp³-hybridized carbons (Fsp3) is 0.222. The Morgan fingerprint density at radius 3 is 2.68 bits per heavy atom. The standard InChI is InChI=1S/C18H18BrFN2O3/c1-3-25-16-9-13(8-15(19)18(16)24-2)11-21-22-17(23)10-12-4-6-14(20)7-5-12/h4-9,11H,3,10H2,1-2H3,(H,22,23)/b21-11+. The minimum absolute atomic E-state index is 0.119. The van der Waals surface area contributed by atoms with Gasteiger partial charge in [-0.25, -0.2) is 9.82 Å². The Morgan fingerprint density at radius 1 is 1.32 bits per heavy atom. The SMILES string of the molecule is CCOc1cc(/C=N/NC(=O)Cc2ccc(F)cc2)cc(Br)c1OC. The summed E-state index contributed by atoms with van der Waals surface area (Å²) in [5, 5.41) is 3.94. The number of carbonyl (C=O) groups is 1. The number of rotatable bonds is 7. The summed E-state index contributed by atoms with van der Waals surface area (Å²) in [7, 11) is 1.56. The number of halogens is 2. The second-order valence-electron chi connectivity index (χ2n) is 5.06. The third kappa shape index (κ3) is 5.56. The lowest BCUT2D eigenvalue weighted by Crippen LogP contribution is -2.19. The molecule has 0 aliphatic heterocycles. The molecule has 0 fully saturated rings. The van der Waals surface area contributed by atoms with Crippen molar-refractivity contribution in [1.29, 1.82) is 0 Å². The number of hydrogen-bond acceptors (Lipinski definition) is 4. The number of hydrazone groups is 1. The molecular formula is C18H18BrFN2O3. The number of amides is 1. The monoisotopic (exact) mass is 408 g/mol. The average Bonchev–Trinajstić information content (AvgIpc) is 2.57. The Hall–Kier alpha value is -2.41. The number of ether oxygens (including phenoxy) is 2. The highest BCUT2D eigenvalue weighted by molar-refractivity contribution is 9.10. The van der Waals surface area contributed by atoms with E-state index in [1.807, 2.05) is 6.92 Å². The van der Waals surface area contributed by atoms with Crippen LogP contribution in [0.15, 0.2) is 46.0 Å². The molecule has 25 heavy (non-hydrogen) atoms. The molecular weight excluding hydrogens is 391 g/mol. The van der Waals surface area contributed by atoms with Gasteiger partial charge in [0.1, 0.15) is 5.82 Å². The zero-order chi connectivity index (χ0) is 18.2. The number of nitrogens with zero attached hydrogens (tertiary/aromatic N) is 1. The molecule has 0 saturated heterocycles. The summed E-state index contributed by atoms with van der Waals surface area (Å²) in [6, 6.07) is 9.33. The van der Waals surface area contributed by atoms with Crippen molar-refractivity contribution >= 4 is 28.1 Å². The molecule has 1 N–H and O–H groups in total. The Kier molecular flexibility index (Phi) is 6.94. The van der Waals surface area contributed by atoms with Crippen LogP contribution in [0, 0.1) is 5.82 Å². The first kappa shape index (κ1) is 18.9. The van der Waals surface area contributed by atoms with Gasteiger partial charge in [0.25, 0.3) is 0 Å². The highest BCUT2D eigenvalue weighted by Crippen LogP contribution is 2.36. The molecule has 7 heteroatoms. The number of benzene rings is 2. The average molecular weight is 409 g/mol. The number of carbonyl (C=O) groups excluding carboxylic acids is 1. The van der Waals surface area contributed by atoms with Gasteiger partial charge in [0.2, 0.25) is 5.91 Å². The smallest absolute Gasteiger partial charge is 0.244 e. The van der Waals surface area contributed by atoms with E-state index in [0.717, 1.165) is 10.0 Å². The lowest BCUT2D eigenvalue weighted by molar-refractivity contribution is -0.120. The van der Waals surface area contributed by atoms with E-state index >= 15 is 0 Å². The van der Waals surface area contributed by atoms with Crippen molar-refractivity contribution in [3.05, 3.63) is 57.8 Å². The Labute approximate surface area is 154 Å². The van der Waals surface area contributed by atoms with E-state index in [1.54, 1.807) is 31.4 Å². The molecule has 0 spiro atoms. The predicted molar refractivity (Wildman–Crippen MR) is 97.7 cm³/mol. The molecule has 0 aromatic heterocycles. The highest BCUT2D eigenvalue weighted by atomic mass is 79.9. The van der Waals surface area contributed by atoms with Crippen LogP contribution in [0.2, 0.25) is 0 Å².